The Morgan fingerprint density at radius 1 is 1.38 bits per heavy atom. The molecule has 1 fully saturated rings. The number of hydrogen-bond acceptors (Lipinski definition) is 4. The molecule has 0 saturated carbocycles. The van der Waals surface area contributed by atoms with Gasteiger partial charge in [-0.2, -0.15) is 23.5 Å². The summed E-state index contributed by atoms with van der Waals surface area (Å²) in [5.41, 5.74) is 1.19. The van der Waals surface area contributed by atoms with E-state index in [0.29, 0.717) is 11.3 Å². The third kappa shape index (κ3) is 4.47. The first kappa shape index (κ1) is 17.3. The number of ether oxygens (including phenoxy) is 1. The van der Waals surface area contributed by atoms with Gasteiger partial charge in [0.25, 0.3) is 0 Å². The summed E-state index contributed by atoms with van der Waals surface area (Å²) in [6.07, 6.45) is 2.18. The van der Waals surface area contributed by atoms with Crippen molar-refractivity contribution >= 4 is 35.1 Å². The van der Waals surface area contributed by atoms with Gasteiger partial charge in [-0.05, 0) is 43.7 Å². The van der Waals surface area contributed by atoms with Crippen molar-refractivity contribution in [2.75, 3.05) is 25.7 Å². The van der Waals surface area contributed by atoms with Crippen LogP contribution in [0.5, 0.6) is 5.75 Å². The van der Waals surface area contributed by atoms with E-state index >= 15 is 0 Å². The van der Waals surface area contributed by atoms with Gasteiger partial charge in [0.2, 0.25) is 0 Å². The van der Waals surface area contributed by atoms with Crippen LogP contribution in [0.4, 0.5) is 0 Å². The van der Waals surface area contributed by atoms with Crippen LogP contribution >= 0.6 is 35.1 Å². The first-order chi connectivity index (χ1) is 10.2. The first-order valence-electron chi connectivity index (χ1n) is 7.42. The molecule has 0 aromatic heterocycles. The van der Waals surface area contributed by atoms with Gasteiger partial charge in [0.15, 0.2) is 0 Å². The van der Waals surface area contributed by atoms with Gasteiger partial charge in [0.05, 0.1) is 7.11 Å². The van der Waals surface area contributed by atoms with Gasteiger partial charge in [0, 0.05) is 33.1 Å². The first-order valence-corrected chi connectivity index (χ1v) is 9.90. The summed E-state index contributed by atoms with van der Waals surface area (Å²) in [5.74, 6) is 3.45. The summed E-state index contributed by atoms with van der Waals surface area (Å²) in [6.45, 7) is 2.29. The normalized spacial score (nSPS) is 23.8. The van der Waals surface area contributed by atoms with E-state index in [1.165, 1.54) is 23.5 Å². The molecule has 1 N–H and O–H groups in total. The van der Waals surface area contributed by atoms with E-state index < -0.39 is 0 Å². The minimum atomic E-state index is 0.445. The molecule has 0 radical (unpaired) electrons. The lowest BCUT2D eigenvalue weighted by atomic mass is 9.99. The number of halogens is 1. The van der Waals surface area contributed by atoms with Crippen LogP contribution in [0.15, 0.2) is 18.2 Å². The Morgan fingerprint density at radius 3 is 2.81 bits per heavy atom. The second-order valence-electron chi connectivity index (χ2n) is 5.21. The summed E-state index contributed by atoms with van der Waals surface area (Å²) >= 11 is 10.4. The Morgan fingerprint density at radius 2 is 2.14 bits per heavy atom. The Balaban J connectivity index is 2.16. The molecule has 21 heavy (non-hydrogen) atoms. The average Bonchev–Trinajstić information content (AvgIpc) is 2.52. The molecule has 1 heterocycles. The fourth-order valence-electron chi connectivity index (χ4n) is 2.84. The van der Waals surface area contributed by atoms with Crippen molar-refractivity contribution in [3.63, 3.8) is 0 Å². The maximum Gasteiger partial charge on any atom is 0.122 e. The molecule has 2 rings (SSSR count). The van der Waals surface area contributed by atoms with Crippen LogP contribution in [-0.4, -0.2) is 42.2 Å². The summed E-state index contributed by atoms with van der Waals surface area (Å²) in [7, 11) is 3.79. The minimum absolute atomic E-state index is 0.445. The van der Waals surface area contributed by atoms with E-state index in [0.717, 1.165) is 22.4 Å². The van der Waals surface area contributed by atoms with E-state index in [1.807, 2.05) is 18.2 Å². The van der Waals surface area contributed by atoms with Crippen LogP contribution in [-0.2, 0) is 6.42 Å². The maximum absolute atomic E-state index is 6.16. The van der Waals surface area contributed by atoms with Gasteiger partial charge in [-0.3, -0.25) is 0 Å². The molecule has 1 aliphatic heterocycles. The quantitative estimate of drug-likeness (QED) is 0.837. The van der Waals surface area contributed by atoms with Crippen molar-refractivity contribution < 1.29 is 4.74 Å². The maximum atomic E-state index is 6.16. The second kappa shape index (κ2) is 8.56. The molecule has 5 heteroatoms. The van der Waals surface area contributed by atoms with Gasteiger partial charge in [0.1, 0.15) is 5.75 Å². The Bertz CT molecular complexity index is 458. The topological polar surface area (TPSA) is 21.3 Å². The molecule has 2 nitrogen and oxygen atoms in total. The lowest BCUT2D eigenvalue weighted by Gasteiger charge is -2.36. The van der Waals surface area contributed by atoms with Crippen LogP contribution < -0.4 is 10.1 Å². The van der Waals surface area contributed by atoms with Crippen LogP contribution in [0.1, 0.15) is 18.9 Å². The molecule has 3 unspecified atom stereocenters. The van der Waals surface area contributed by atoms with Crippen LogP contribution in [0.3, 0.4) is 0 Å². The highest BCUT2D eigenvalue weighted by Gasteiger charge is 2.31. The van der Waals surface area contributed by atoms with E-state index in [-0.39, 0.29) is 0 Å². The highest BCUT2D eigenvalue weighted by atomic mass is 35.5. The lowest BCUT2D eigenvalue weighted by molar-refractivity contribution is 0.405. The van der Waals surface area contributed by atoms with Crippen molar-refractivity contribution in [2.24, 2.45) is 0 Å². The van der Waals surface area contributed by atoms with Gasteiger partial charge < -0.3 is 10.1 Å². The molecule has 1 saturated heterocycles. The summed E-state index contributed by atoms with van der Waals surface area (Å²) in [6, 6.07) is 6.33. The SMILES string of the molecule is CCC1SCCSC1C(Cc1cc(Cl)ccc1OC)NC. The summed E-state index contributed by atoms with van der Waals surface area (Å²) in [5, 5.41) is 5.67. The molecule has 0 amide bonds. The highest BCUT2D eigenvalue weighted by molar-refractivity contribution is 8.07. The molecule has 1 aromatic rings. The number of methoxy groups -OCH3 is 1. The molecule has 0 spiro atoms. The van der Waals surface area contributed by atoms with Crippen molar-refractivity contribution in [3.05, 3.63) is 28.8 Å². The zero-order valence-electron chi connectivity index (χ0n) is 12.9. The standard InChI is InChI=1S/C16H24ClNOS2/c1-4-15-16(21-8-7-20-15)13(18-2)10-11-9-12(17)5-6-14(11)19-3/h5-6,9,13,15-16,18H,4,7-8,10H2,1-3H3. The summed E-state index contributed by atoms with van der Waals surface area (Å²) < 4.78 is 5.49. The lowest BCUT2D eigenvalue weighted by Crippen LogP contribution is -2.45. The Hall–Kier alpha value is -0.0300. The van der Waals surface area contributed by atoms with Crippen molar-refractivity contribution in [2.45, 2.75) is 36.3 Å². The molecule has 118 valence electrons. The zero-order valence-corrected chi connectivity index (χ0v) is 15.3. The molecule has 0 bridgehead atoms. The Kier molecular flexibility index (Phi) is 7.06. The number of nitrogens with one attached hydrogen (secondary N) is 1. The number of thioether (sulfide) groups is 2. The predicted molar refractivity (Wildman–Crippen MR) is 97.3 cm³/mol. The zero-order chi connectivity index (χ0) is 15.2. The monoisotopic (exact) mass is 345 g/mol. The van der Waals surface area contributed by atoms with Gasteiger partial charge in [-0.25, -0.2) is 0 Å². The highest BCUT2D eigenvalue weighted by Crippen LogP contribution is 2.36. The van der Waals surface area contributed by atoms with Gasteiger partial charge >= 0.3 is 0 Å². The molecule has 1 aromatic carbocycles. The number of benzene rings is 1. The fourth-order valence-corrected chi connectivity index (χ4v) is 6.33. The average molecular weight is 346 g/mol. The fraction of sp³-hybridized carbons (Fsp3) is 0.625. The van der Waals surface area contributed by atoms with Crippen molar-refractivity contribution in [1.82, 2.24) is 5.32 Å². The van der Waals surface area contributed by atoms with Gasteiger partial charge in [-0.15, -0.1) is 0 Å². The predicted octanol–water partition coefficient (Wildman–Crippen LogP) is 4.11. The van der Waals surface area contributed by atoms with E-state index in [1.54, 1.807) is 7.11 Å². The van der Waals surface area contributed by atoms with Crippen molar-refractivity contribution in [3.8, 4) is 5.75 Å². The van der Waals surface area contributed by atoms with Crippen LogP contribution in [0, 0.1) is 0 Å². The smallest absolute Gasteiger partial charge is 0.122 e. The molecular formula is C16H24ClNOS2. The van der Waals surface area contributed by atoms with Crippen LogP contribution in [0.25, 0.3) is 0 Å². The number of likely N-dealkylation sites (N-methyl/N-ethyl adjacent to an activating group) is 1. The Labute approximate surface area is 141 Å². The van der Waals surface area contributed by atoms with E-state index in [2.05, 4.69) is 42.8 Å². The largest absolute Gasteiger partial charge is 0.496 e. The third-order valence-corrected chi connectivity index (χ3v) is 7.59. The molecular weight excluding hydrogens is 322 g/mol. The van der Waals surface area contributed by atoms with Gasteiger partial charge in [-0.1, -0.05) is 18.5 Å². The molecule has 1 aliphatic rings. The van der Waals surface area contributed by atoms with Crippen molar-refractivity contribution in [1.29, 1.82) is 0 Å². The summed E-state index contributed by atoms with van der Waals surface area (Å²) in [4.78, 5) is 0. The van der Waals surface area contributed by atoms with Crippen LogP contribution in [0.2, 0.25) is 5.02 Å². The molecule has 0 aliphatic carbocycles. The van der Waals surface area contributed by atoms with E-state index in [4.69, 9.17) is 16.3 Å². The number of rotatable bonds is 6. The molecule has 3 atom stereocenters. The second-order valence-corrected chi connectivity index (χ2v) is 8.28. The van der Waals surface area contributed by atoms with E-state index in [9.17, 15) is 0 Å². The number of hydrogen-bond donors (Lipinski definition) is 1. The minimum Gasteiger partial charge on any atom is -0.496 e. The third-order valence-electron chi connectivity index (χ3n) is 3.94.